The van der Waals surface area contributed by atoms with Crippen LogP contribution in [0.25, 0.3) is 0 Å². The number of rotatable bonds is 9. The van der Waals surface area contributed by atoms with Crippen molar-refractivity contribution >= 4 is 44.9 Å². The lowest BCUT2D eigenvalue weighted by molar-refractivity contribution is 0.0592. The summed E-state index contributed by atoms with van der Waals surface area (Å²) < 4.78 is 20.0. The minimum atomic E-state index is -0.535. The van der Waals surface area contributed by atoms with E-state index in [1.165, 1.54) is 35.8 Å². The van der Waals surface area contributed by atoms with Gasteiger partial charge in [-0.25, -0.2) is 9.59 Å². The molecule has 0 radical (unpaired) electrons. The van der Waals surface area contributed by atoms with E-state index in [0.717, 1.165) is 11.1 Å². The van der Waals surface area contributed by atoms with Gasteiger partial charge in [-0.2, -0.15) is 0 Å². The molecule has 30 heavy (non-hydrogen) atoms. The molecule has 0 amide bonds. The summed E-state index contributed by atoms with van der Waals surface area (Å²) in [5.74, 6) is -1.07. The van der Waals surface area contributed by atoms with Crippen LogP contribution in [0.2, 0.25) is 0 Å². The molecular weight excluding hydrogens is 428 g/mol. The average molecular weight is 453 g/mol. The van der Waals surface area contributed by atoms with Crippen molar-refractivity contribution in [3.8, 4) is 0 Å². The summed E-state index contributed by atoms with van der Waals surface area (Å²) in [5.41, 5.74) is 15.0. The Kier molecular flexibility index (Phi) is 8.85. The maximum absolute atomic E-state index is 12.1. The summed E-state index contributed by atoms with van der Waals surface area (Å²) in [5, 5.41) is 0. The number of carbonyl (C=O) groups is 2. The van der Waals surface area contributed by atoms with Crippen molar-refractivity contribution in [2.75, 3.05) is 39.9 Å². The lowest BCUT2D eigenvalue weighted by Crippen LogP contribution is -2.08. The minimum absolute atomic E-state index is 0.256. The molecule has 4 N–H and O–H groups in total. The van der Waals surface area contributed by atoms with Crippen LogP contribution in [-0.2, 0) is 32.2 Å². The smallest absolute Gasteiger partial charge is 0.340 e. The fraction of sp³-hybridized carbons (Fsp3) is 0.300. The molecule has 0 aliphatic carbocycles. The van der Waals surface area contributed by atoms with Gasteiger partial charge in [0.25, 0.3) is 0 Å². The molecule has 0 aliphatic rings. The normalized spacial score (nSPS) is 10.7. The standard InChI is InChI=1S/C20H24N2O6S2/c1-25-9-11-5-13(19(23)27-3)17(21)15(7-11)29-30-16-8-12(10-26-2)6-14(18(16)22)20(24)28-4/h5-8H,9-10,21-22H2,1-4H3. The first-order valence-corrected chi connectivity index (χ1v) is 10.8. The molecule has 2 aromatic rings. The number of ether oxygens (including phenoxy) is 4. The van der Waals surface area contributed by atoms with Crippen LogP contribution in [-0.4, -0.2) is 40.4 Å². The van der Waals surface area contributed by atoms with Crippen LogP contribution >= 0.6 is 21.6 Å². The van der Waals surface area contributed by atoms with Crippen LogP contribution in [0, 0.1) is 0 Å². The van der Waals surface area contributed by atoms with E-state index in [2.05, 4.69) is 0 Å². The highest BCUT2D eigenvalue weighted by atomic mass is 33.1. The van der Waals surface area contributed by atoms with Crippen LogP contribution in [0.5, 0.6) is 0 Å². The highest BCUT2D eigenvalue weighted by molar-refractivity contribution is 8.76. The molecule has 0 spiro atoms. The van der Waals surface area contributed by atoms with Gasteiger partial charge in [-0.3, -0.25) is 0 Å². The number of hydrogen-bond donors (Lipinski definition) is 2. The van der Waals surface area contributed by atoms with Gasteiger partial charge in [-0.05, 0) is 35.4 Å². The zero-order valence-corrected chi connectivity index (χ0v) is 18.8. The fourth-order valence-electron chi connectivity index (χ4n) is 2.65. The molecule has 0 aromatic heterocycles. The number of anilines is 2. The van der Waals surface area contributed by atoms with Gasteiger partial charge in [0.05, 0.1) is 49.9 Å². The Bertz CT molecular complexity index is 860. The summed E-state index contributed by atoms with van der Waals surface area (Å²) >= 11 is 0. The monoisotopic (exact) mass is 452 g/mol. The number of carbonyl (C=O) groups excluding carboxylic acids is 2. The molecule has 8 nitrogen and oxygen atoms in total. The Labute approximate surface area is 183 Å². The Balaban J connectivity index is 2.42. The van der Waals surface area contributed by atoms with Crippen molar-refractivity contribution in [2.45, 2.75) is 23.0 Å². The van der Waals surface area contributed by atoms with Crippen LogP contribution in [0.15, 0.2) is 34.1 Å². The Morgan fingerprint density at radius 1 is 0.733 bits per heavy atom. The van der Waals surface area contributed by atoms with Gasteiger partial charge in [0.15, 0.2) is 0 Å². The van der Waals surface area contributed by atoms with Gasteiger partial charge in [-0.1, -0.05) is 21.6 Å². The van der Waals surface area contributed by atoms with Crippen molar-refractivity contribution in [3.05, 3.63) is 46.5 Å². The van der Waals surface area contributed by atoms with Crippen molar-refractivity contribution in [3.63, 3.8) is 0 Å². The molecule has 10 heteroatoms. The molecule has 0 bridgehead atoms. The van der Waals surface area contributed by atoms with E-state index >= 15 is 0 Å². The van der Waals surface area contributed by atoms with E-state index in [1.54, 1.807) is 26.4 Å². The summed E-state index contributed by atoms with van der Waals surface area (Å²) in [6.45, 7) is 0.612. The molecule has 162 valence electrons. The molecule has 0 aliphatic heterocycles. The molecule has 0 atom stereocenters. The zero-order chi connectivity index (χ0) is 22.3. The predicted octanol–water partition coefficient (Wildman–Crippen LogP) is 3.52. The molecule has 0 saturated heterocycles. The summed E-state index contributed by atoms with van der Waals surface area (Å²) in [7, 11) is 8.33. The third-order valence-electron chi connectivity index (χ3n) is 4.06. The Hall–Kier alpha value is -2.40. The van der Waals surface area contributed by atoms with Gasteiger partial charge in [0.2, 0.25) is 0 Å². The molecular formula is C20H24N2O6S2. The number of hydrogen-bond acceptors (Lipinski definition) is 10. The predicted molar refractivity (Wildman–Crippen MR) is 118 cm³/mol. The van der Waals surface area contributed by atoms with Crippen molar-refractivity contribution in [2.24, 2.45) is 0 Å². The van der Waals surface area contributed by atoms with E-state index in [1.807, 2.05) is 12.1 Å². The maximum Gasteiger partial charge on any atom is 0.340 e. The Morgan fingerprint density at radius 3 is 1.40 bits per heavy atom. The molecule has 0 heterocycles. The van der Waals surface area contributed by atoms with Gasteiger partial charge in [0.1, 0.15) is 0 Å². The van der Waals surface area contributed by atoms with Crippen LogP contribution in [0.3, 0.4) is 0 Å². The lowest BCUT2D eigenvalue weighted by atomic mass is 10.1. The van der Waals surface area contributed by atoms with E-state index < -0.39 is 11.9 Å². The van der Waals surface area contributed by atoms with Crippen LogP contribution < -0.4 is 11.5 Å². The van der Waals surface area contributed by atoms with Crippen molar-refractivity contribution in [1.82, 2.24) is 0 Å². The van der Waals surface area contributed by atoms with Gasteiger partial charge in [-0.15, -0.1) is 0 Å². The van der Waals surface area contributed by atoms with Gasteiger partial charge < -0.3 is 30.4 Å². The third kappa shape index (κ3) is 5.60. The van der Waals surface area contributed by atoms with E-state index in [0.29, 0.717) is 34.4 Å². The van der Waals surface area contributed by atoms with Crippen LogP contribution in [0.1, 0.15) is 31.8 Å². The first kappa shape index (κ1) is 23.9. The minimum Gasteiger partial charge on any atom is -0.465 e. The highest BCUT2D eigenvalue weighted by Crippen LogP contribution is 2.45. The number of methoxy groups -OCH3 is 4. The molecule has 2 aromatic carbocycles. The lowest BCUT2D eigenvalue weighted by Gasteiger charge is -2.14. The number of nitrogens with two attached hydrogens (primary N) is 2. The molecule has 2 rings (SSSR count). The fourth-order valence-corrected chi connectivity index (χ4v) is 5.00. The summed E-state index contributed by atoms with van der Waals surface area (Å²) in [6, 6.07) is 6.95. The maximum atomic E-state index is 12.1. The van der Waals surface area contributed by atoms with Crippen LogP contribution in [0.4, 0.5) is 11.4 Å². The summed E-state index contributed by atoms with van der Waals surface area (Å²) in [6.07, 6.45) is 0. The van der Waals surface area contributed by atoms with Crippen molar-refractivity contribution < 1.29 is 28.5 Å². The first-order chi connectivity index (χ1) is 14.4. The van der Waals surface area contributed by atoms with Gasteiger partial charge >= 0.3 is 11.9 Å². The summed E-state index contributed by atoms with van der Waals surface area (Å²) in [4.78, 5) is 25.5. The molecule has 0 fully saturated rings. The average Bonchev–Trinajstić information content (AvgIpc) is 2.74. The molecule has 0 saturated carbocycles. The number of benzene rings is 2. The quantitative estimate of drug-likeness (QED) is 0.332. The highest BCUT2D eigenvalue weighted by Gasteiger charge is 2.19. The topological polar surface area (TPSA) is 123 Å². The third-order valence-corrected chi connectivity index (χ3v) is 6.50. The second kappa shape index (κ2) is 11.1. The van der Waals surface area contributed by atoms with E-state index in [-0.39, 0.29) is 11.1 Å². The number of esters is 2. The second-order valence-electron chi connectivity index (χ2n) is 6.13. The first-order valence-electron chi connectivity index (χ1n) is 8.70. The second-order valence-corrected chi connectivity index (χ2v) is 8.34. The number of nitrogen functional groups attached to an aromatic ring is 2. The molecule has 0 unspecified atom stereocenters. The Morgan fingerprint density at radius 2 is 1.10 bits per heavy atom. The SMILES string of the molecule is COCc1cc(SSc2cc(COC)cc(C(=O)OC)c2N)c(N)c(C(=O)OC)c1. The van der Waals surface area contributed by atoms with E-state index in [4.69, 9.17) is 30.4 Å². The van der Waals surface area contributed by atoms with Gasteiger partial charge in [0, 0.05) is 24.0 Å². The van der Waals surface area contributed by atoms with Crippen molar-refractivity contribution in [1.29, 1.82) is 0 Å². The van der Waals surface area contributed by atoms with E-state index in [9.17, 15) is 9.59 Å². The largest absolute Gasteiger partial charge is 0.465 e. The zero-order valence-electron chi connectivity index (χ0n) is 17.1.